The van der Waals surface area contributed by atoms with Crippen LogP contribution < -0.4 is 35.7 Å². The second kappa shape index (κ2) is 34.0. The number of aliphatic carboxylic acids is 5. The zero-order valence-electron chi connectivity index (χ0n) is 43.6. The van der Waals surface area contributed by atoms with Crippen LogP contribution in [0.15, 0.2) is 53.5 Å². The quantitative estimate of drug-likeness (QED) is 0.0275. The van der Waals surface area contributed by atoms with Crippen molar-refractivity contribution in [2.45, 2.75) is 32.0 Å². The van der Waals surface area contributed by atoms with E-state index in [9.17, 15) is 74.1 Å². The third-order valence-electron chi connectivity index (χ3n) is 11.9. The summed E-state index contributed by atoms with van der Waals surface area (Å²) in [7, 11) is 0. The highest BCUT2D eigenvalue weighted by Gasteiger charge is 2.34. The summed E-state index contributed by atoms with van der Waals surface area (Å²) >= 11 is 6.54. The summed E-state index contributed by atoms with van der Waals surface area (Å²) in [5, 5.41) is 75.0. The number of anilines is 1. The fraction of sp³-hybridized carbons (Fsp3) is 0.520. The van der Waals surface area contributed by atoms with Gasteiger partial charge in [-0.25, -0.2) is 9.59 Å². The molecule has 0 radical (unpaired) electrons. The molecular formula is C50H69ClN8O20. The van der Waals surface area contributed by atoms with Gasteiger partial charge in [0.2, 0.25) is 5.91 Å². The number of hydrogen-bond acceptors (Lipinski definition) is 19. The van der Waals surface area contributed by atoms with Crippen LogP contribution in [-0.2, 0) is 44.8 Å². The fourth-order valence-electron chi connectivity index (χ4n) is 8.24. The molecule has 1 fully saturated rings. The molecule has 2 atom stereocenters. The summed E-state index contributed by atoms with van der Waals surface area (Å²) in [6.07, 6.45) is 0.917. The second-order valence-electron chi connectivity index (χ2n) is 17.8. The lowest BCUT2D eigenvalue weighted by Gasteiger charge is -2.34. The van der Waals surface area contributed by atoms with Crippen LogP contribution in [0.1, 0.15) is 29.2 Å². The maximum absolute atomic E-state index is 14.3. The van der Waals surface area contributed by atoms with Gasteiger partial charge in [0.15, 0.2) is 17.5 Å². The number of pyridine rings is 1. The molecule has 2 aromatic carbocycles. The molecule has 1 aliphatic heterocycles. The highest BCUT2D eigenvalue weighted by Crippen LogP contribution is 2.30. The summed E-state index contributed by atoms with van der Waals surface area (Å²) in [6.45, 7) is -0.599. The Bertz CT molecular complexity index is 2540. The maximum atomic E-state index is 14.3. The molecule has 1 aliphatic rings. The van der Waals surface area contributed by atoms with Crippen LogP contribution in [0.25, 0.3) is 0 Å². The van der Waals surface area contributed by atoms with Crippen LogP contribution in [-0.4, -0.2) is 246 Å². The third kappa shape index (κ3) is 22.6. The number of carbonyl (C=O) groups excluding carboxylic acids is 2. The monoisotopic (exact) mass is 1140 g/mol. The third-order valence-corrected chi connectivity index (χ3v) is 12.2. The fourth-order valence-corrected chi connectivity index (χ4v) is 8.46. The van der Waals surface area contributed by atoms with Crippen molar-refractivity contribution in [3.05, 3.63) is 80.7 Å². The largest absolute Gasteiger partial charge is 0.491 e. The van der Waals surface area contributed by atoms with Gasteiger partial charge in [0.25, 0.3) is 5.56 Å². The number of urea groups is 1. The number of aliphatic hydroxyl groups is 2. The predicted octanol–water partition coefficient (Wildman–Crippen LogP) is -0.605. The Labute approximate surface area is 458 Å². The summed E-state index contributed by atoms with van der Waals surface area (Å²) in [6, 6.07) is 7.26. The van der Waals surface area contributed by atoms with Crippen molar-refractivity contribution in [3.8, 4) is 17.2 Å². The van der Waals surface area contributed by atoms with E-state index in [0.29, 0.717) is 28.2 Å². The van der Waals surface area contributed by atoms with Crippen molar-refractivity contribution in [2.24, 2.45) is 0 Å². The van der Waals surface area contributed by atoms with Crippen molar-refractivity contribution in [1.82, 2.24) is 34.8 Å². The normalized spacial score (nSPS) is 14.9. The minimum atomic E-state index is -1.75. The molecule has 0 saturated carbocycles. The van der Waals surface area contributed by atoms with Crippen molar-refractivity contribution >= 4 is 59.1 Å². The van der Waals surface area contributed by atoms with Crippen LogP contribution in [0.2, 0.25) is 5.02 Å². The Kier molecular flexibility index (Phi) is 27.7. The van der Waals surface area contributed by atoms with E-state index in [0.717, 1.165) is 0 Å². The molecule has 4 rings (SSSR count). The number of aryl methyl sites for hydroxylation is 1. The molecule has 3 amide bonds. The number of ether oxygens (including phenoxy) is 5. The lowest BCUT2D eigenvalue weighted by Crippen LogP contribution is -2.56. The lowest BCUT2D eigenvalue weighted by atomic mass is 10.0. The first-order valence-electron chi connectivity index (χ1n) is 25.0. The maximum Gasteiger partial charge on any atom is 0.330 e. The van der Waals surface area contributed by atoms with Gasteiger partial charge in [-0.3, -0.25) is 48.4 Å². The van der Waals surface area contributed by atoms with Gasteiger partial charge in [0.1, 0.15) is 31.3 Å². The van der Waals surface area contributed by atoms with E-state index in [-0.39, 0.29) is 148 Å². The number of halogens is 1. The first kappa shape index (κ1) is 64.4. The number of nitrogens with one attached hydrogen (secondary N) is 3. The van der Waals surface area contributed by atoms with E-state index in [1.54, 1.807) is 48.2 Å². The van der Waals surface area contributed by atoms with E-state index in [4.69, 9.17) is 35.3 Å². The second-order valence-corrected chi connectivity index (χ2v) is 18.2. The SMILES string of the molecule is Cc1cn(Cc2c(Cl)cccc2OCCO)c(=O)c(NC(=O)N[C@@H](CC(=O)O)c2cccc(OCCO)c2)c1OCCOCCOCCNC(=O)C(C(=O)O)N1CCN(CC(=O)O)CCN(CC(=O)O)CCN(CC(=O)O)CC1. The molecule has 28 nitrogen and oxygen atoms in total. The average Bonchev–Trinajstić information content (AvgIpc) is 3.47. The van der Waals surface area contributed by atoms with E-state index >= 15 is 0 Å². The standard InChI is InChI=1S/C50H69ClN8O20/c1-33-28-59(29-36-37(51)6-3-7-39(36)78-21-18-61)48(71)44(54-50(74)53-38(27-40(62)63)34-4-2-5-35(26-34)77-20-17-60)46(33)79-25-24-76-23-22-75-19-8-52-47(70)45(49(72)73)58-15-13-56(31-42(66)67)11-9-55(30-41(64)65)10-12-57(14-16-58)32-43(68)69/h2-7,26,28,38,45,60-61H,8-25,27,29-32H2,1H3,(H,52,70)(H,62,63)(H,64,65)(H,66,67)(H,68,69)(H,72,73)(H2,53,54,74)/t38-,45?/m0/s1. The molecule has 10 N–H and O–H groups in total. The Balaban J connectivity index is 1.39. The van der Waals surface area contributed by atoms with Gasteiger partial charge < -0.3 is 79.9 Å². The summed E-state index contributed by atoms with van der Waals surface area (Å²) in [5.41, 5.74) is 0.0605. The molecule has 3 aromatic rings. The highest BCUT2D eigenvalue weighted by molar-refractivity contribution is 6.31. The molecule has 29 heteroatoms. The topological polar surface area (TPSA) is 378 Å². The smallest absolute Gasteiger partial charge is 0.330 e. The number of benzene rings is 2. The molecule has 0 bridgehead atoms. The Morgan fingerprint density at radius 1 is 0.671 bits per heavy atom. The Morgan fingerprint density at radius 3 is 1.80 bits per heavy atom. The van der Waals surface area contributed by atoms with Gasteiger partial charge in [0, 0.05) is 81.2 Å². The van der Waals surface area contributed by atoms with Gasteiger partial charge in [-0.2, -0.15) is 0 Å². The first-order valence-corrected chi connectivity index (χ1v) is 25.4. The number of carboxylic acid groups (broad SMARTS) is 5. The number of aliphatic hydroxyl groups excluding tert-OH is 2. The molecule has 1 aromatic heterocycles. The average molecular weight is 1140 g/mol. The van der Waals surface area contributed by atoms with Gasteiger partial charge in [0.05, 0.1) is 78.3 Å². The van der Waals surface area contributed by atoms with Gasteiger partial charge >= 0.3 is 35.9 Å². The zero-order valence-corrected chi connectivity index (χ0v) is 44.3. The Hall–Kier alpha value is -7.15. The van der Waals surface area contributed by atoms with Crippen molar-refractivity contribution in [3.63, 3.8) is 0 Å². The Morgan fingerprint density at radius 2 is 1.23 bits per heavy atom. The van der Waals surface area contributed by atoms with Crippen molar-refractivity contribution < 1.29 is 93.0 Å². The number of rotatable bonds is 32. The minimum absolute atomic E-state index is 0.00908. The number of carboxylic acids is 5. The number of aromatic nitrogens is 1. The lowest BCUT2D eigenvalue weighted by molar-refractivity contribution is -0.150. The van der Waals surface area contributed by atoms with Crippen LogP contribution in [0.5, 0.6) is 17.2 Å². The van der Waals surface area contributed by atoms with Crippen molar-refractivity contribution in [1.29, 1.82) is 0 Å². The van der Waals surface area contributed by atoms with Crippen LogP contribution in [0, 0.1) is 6.92 Å². The van der Waals surface area contributed by atoms with Crippen LogP contribution >= 0.6 is 11.6 Å². The van der Waals surface area contributed by atoms with E-state index < -0.39 is 78.9 Å². The molecular weight excluding hydrogens is 1070 g/mol. The zero-order chi connectivity index (χ0) is 57.9. The number of nitrogens with zero attached hydrogens (tertiary/aromatic N) is 5. The van der Waals surface area contributed by atoms with E-state index in [1.807, 2.05) is 0 Å². The molecule has 0 spiro atoms. The molecule has 2 heterocycles. The van der Waals surface area contributed by atoms with E-state index in [2.05, 4.69) is 16.0 Å². The summed E-state index contributed by atoms with van der Waals surface area (Å²) < 4.78 is 29.6. The number of carbonyl (C=O) groups is 7. The van der Waals surface area contributed by atoms with Crippen LogP contribution in [0.4, 0.5) is 10.5 Å². The van der Waals surface area contributed by atoms with Crippen molar-refractivity contribution in [2.75, 3.05) is 143 Å². The molecule has 1 unspecified atom stereocenters. The molecule has 0 aliphatic carbocycles. The summed E-state index contributed by atoms with van der Waals surface area (Å²) in [4.78, 5) is 107. The summed E-state index contributed by atoms with van der Waals surface area (Å²) in [5.74, 6) is -6.54. The molecule has 1 saturated heterocycles. The number of amides is 3. The first-order chi connectivity index (χ1) is 37.8. The molecule has 436 valence electrons. The van der Waals surface area contributed by atoms with Gasteiger partial charge in [-0.1, -0.05) is 29.8 Å². The van der Waals surface area contributed by atoms with Gasteiger partial charge in [-0.15, -0.1) is 0 Å². The highest BCUT2D eigenvalue weighted by atomic mass is 35.5. The predicted molar refractivity (Wildman–Crippen MR) is 280 cm³/mol. The minimum Gasteiger partial charge on any atom is -0.491 e. The molecule has 79 heavy (non-hydrogen) atoms. The van der Waals surface area contributed by atoms with E-state index in [1.165, 1.54) is 31.5 Å². The van der Waals surface area contributed by atoms with Gasteiger partial charge in [-0.05, 0) is 36.8 Å². The van der Waals surface area contributed by atoms with Crippen LogP contribution in [0.3, 0.4) is 0 Å². The number of hydrogen-bond donors (Lipinski definition) is 10.